The summed E-state index contributed by atoms with van der Waals surface area (Å²) in [7, 11) is 1.84. The molecule has 1 N–H and O–H groups in total. The molecule has 1 unspecified atom stereocenters. The van der Waals surface area contributed by atoms with Gasteiger partial charge in [-0.25, -0.2) is 0 Å². The molecule has 1 aliphatic rings. The van der Waals surface area contributed by atoms with Gasteiger partial charge in [-0.15, -0.1) is 0 Å². The van der Waals surface area contributed by atoms with Crippen molar-refractivity contribution in [1.29, 1.82) is 0 Å². The fourth-order valence-electron chi connectivity index (χ4n) is 3.34. The predicted molar refractivity (Wildman–Crippen MR) is 99.7 cm³/mol. The third-order valence-corrected chi connectivity index (χ3v) is 4.88. The molecule has 134 valence electrons. The molecule has 0 radical (unpaired) electrons. The summed E-state index contributed by atoms with van der Waals surface area (Å²) in [5.74, 6) is 0.614. The molecule has 25 heavy (non-hydrogen) atoms. The van der Waals surface area contributed by atoms with Crippen LogP contribution in [0.1, 0.15) is 60.1 Å². The van der Waals surface area contributed by atoms with E-state index in [1.807, 2.05) is 36.3 Å². The van der Waals surface area contributed by atoms with Gasteiger partial charge in [0.15, 0.2) is 0 Å². The van der Waals surface area contributed by atoms with Gasteiger partial charge in [-0.3, -0.25) is 9.48 Å². The molecule has 0 saturated carbocycles. The Kier molecular flexibility index (Phi) is 5.53. The van der Waals surface area contributed by atoms with E-state index in [1.165, 1.54) is 18.4 Å². The van der Waals surface area contributed by atoms with Crippen LogP contribution in [0.3, 0.4) is 0 Å². The summed E-state index contributed by atoms with van der Waals surface area (Å²) < 4.78 is 1.92. The van der Waals surface area contributed by atoms with Crippen molar-refractivity contribution >= 4 is 5.91 Å². The van der Waals surface area contributed by atoms with Crippen molar-refractivity contribution in [2.45, 2.75) is 45.2 Å². The second-order valence-corrected chi connectivity index (χ2v) is 7.25. The first-order valence-corrected chi connectivity index (χ1v) is 9.14. The van der Waals surface area contributed by atoms with Crippen molar-refractivity contribution in [1.82, 2.24) is 20.0 Å². The first kappa shape index (κ1) is 17.7. The maximum Gasteiger partial charge on any atom is 0.253 e. The molecule has 2 heterocycles. The van der Waals surface area contributed by atoms with E-state index in [0.717, 1.165) is 24.2 Å². The van der Waals surface area contributed by atoms with Crippen molar-refractivity contribution in [2.75, 3.05) is 20.1 Å². The summed E-state index contributed by atoms with van der Waals surface area (Å²) in [6.45, 7) is 6.90. The fourth-order valence-corrected chi connectivity index (χ4v) is 3.34. The van der Waals surface area contributed by atoms with Gasteiger partial charge in [0.05, 0.1) is 6.20 Å². The van der Waals surface area contributed by atoms with E-state index in [4.69, 9.17) is 0 Å². The molecule has 5 nitrogen and oxygen atoms in total. The number of nitrogens with zero attached hydrogens (tertiary/aromatic N) is 3. The summed E-state index contributed by atoms with van der Waals surface area (Å²) in [5.41, 5.74) is 3.12. The smallest absolute Gasteiger partial charge is 0.253 e. The molecule has 0 spiro atoms. The Balaban J connectivity index is 1.62. The van der Waals surface area contributed by atoms with Crippen LogP contribution in [0.4, 0.5) is 0 Å². The van der Waals surface area contributed by atoms with Crippen LogP contribution in [0.5, 0.6) is 0 Å². The zero-order valence-electron chi connectivity index (χ0n) is 15.4. The number of benzene rings is 1. The number of amides is 1. The first-order chi connectivity index (χ1) is 12.0. The molecule has 1 saturated heterocycles. The quantitative estimate of drug-likeness (QED) is 0.909. The Morgan fingerprint density at radius 2 is 2.12 bits per heavy atom. The van der Waals surface area contributed by atoms with Crippen LogP contribution in [0.25, 0.3) is 0 Å². The lowest BCUT2D eigenvalue weighted by Crippen LogP contribution is -2.28. The van der Waals surface area contributed by atoms with Crippen molar-refractivity contribution in [3.8, 4) is 0 Å². The zero-order valence-corrected chi connectivity index (χ0v) is 15.4. The van der Waals surface area contributed by atoms with E-state index in [-0.39, 0.29) is 5.91 Å². The Labute approximate surface area is 150 Å². The van der Waals surface area contributed by atoms with E-state index >= 15 is 0 Å². The highest BCUT2D eigenvalue weighted by atomic mass is 16.2. The molecule has 5 heteroatoms. The highest BCUT2D eigenvalue weighted by Gasteiger charge is 2.17. The van der Waals surface area contributed by atoms with Crippen molar-refractivity contribution in [3.05, 3.63) is 53.3 Å². The number of hydrogen-bond acceptors (Lipinski definition) is 3. The highest BCUT2D eigenvalue weighted by molar-refractivity contribution is 5.94. The normalized spacial score (nSPS) is 17.7. The molecular formula is C20H28N4O. The van der Waals surface area contributed by atoms with E-state index < -0.39 is 0 Å². The summed E-state index contributed by atoms with van der Waals surface area (Å²) in [6, 6.07) is 8.46. The van der Waals surface area contributed by atoms with Gasteiger partial charge in [0, 0.05) is 43.5 Å². The molecule has 1 aliphatic heterocycles. The van der Waals surface area contributed by atoms with Crippen molar-refractivity contribution in [2.24, 2.45) is 0 Å². The molecule has 1 atom stereocenters. The number of piperidine rings is 1. The standard InChI is InChI=1S/C20H28N4O/c1-15(2)24-14-16(11-22-24)13-23(3)20(25)18-8-6-17(7-9-18)19-5-4-10-21-12-19/h6-9,11,14-15,19,21H,4-5,10,12-13H2,1-3H3. The zero-order chi connectivity index (χ0) is 17.8. The summed E-state index contributed by atoms with van der Waals surface area (Å²) in [4.78, 5) is 14.4. The van der Waals surface area contributed by atoms with Crippen LogP contribution in [-0.2, 0) is 6.54 Å². The molecule has 0 aliphatic carbocycles. The van der Waals surface area contributed by atoms with Crippen LogP contribution >= 0.6 is 0 Å². The summed E-state index contributed by atoms with van der Waals surface area (Å²) in [6.07, 6.45) is 6.29. The van der Waals surface area contributed by atoms with E-state index in [2.05, 4.69) is 36.4 Å². The third kappa shape index (κ3) is 4.28. The molecule has 2 aromatic rings. The highest BCUT2D eigenvalue weighted by Crippen LogP contribution is 2.23. The molecule has 3 rings (SSSR count). The maximum atomic E-state index is 12.7. The van der Waals surface area contributed by atoms with Crippen LogP contribution in [0.2, 0.25) is 0 Å². The number of carbonyl (C=O) groups excluding carboxylic acids is 1. The van der Waals surface area contributed by atoms with Gasteiger partial charge in [0.25, 0.3) is 5.91 Å². The monoisotopic (exact) mass is 340 g/mol. The molecular weight excluding hydrogens is 312 g/mol. The first-order valence-electron chi connectivity index (χ1n) is 9.14. The van der Waals surface area contributed by atoms with Gasteiger partial charge >= 0.3 is 0 Å². The lowest BCUT2D eigenvalue weighted by atomic mass is 9.91. The Hall–Kier alpha value is -2.14. The van der Waals surface area contributed by atoms with Crippen molar-refractivity contribution in [3.63, 3.8) is 0 Å². The van der Waals surface area contributed by atoms with Crippen molar-refractivity contribution < 1.29 is 4.79 Å². The third-order valence-electron chi connectivity index (χ3n) is 4.88. The minimum atomic E-state index is 0.0469. The van der Waals surface area contributed by atoms with Gasteiger partial charge in [0.2, 0.25) is 0 Å². The fraction of sp³-hybridized carbons (Fsp3) is 0.500. The molecule has 1 fully saturated rings. The summed E-state index contributed by atoms with van der Waals surface area (Å²) in [5, 5.41) is 7.78. The minimum Gasteiger partial charge on any atom is -0.337 e. The van der Waals surface area contributed by atoms with Crippen LogP contribution in [-0.4, -0.2) is 40.7 Å². The average Bonchev–Trinajstić information content (AvgIpc) is 3.11. The van der Waals surface area contributed by atoms with Crippen LogP contribution in [0, 0.1) is 0 Å². The lowest BCUT2D eigenvalue weighted by molar-refractivity contribution is 0.0785. The second-order valence-electron chi connectivity index (χ2n) is 7.25. The number of nitrogens with one attached hydrogen (secondary N) is 1. The van der Waals surface area contributed by atoms with Gasteiger partial charge in [-0.2, -0.15) is 5.10 Å². The Bertz CT molecular complexity index is 699. The lowest BCUT2D eigenvalue weighted by Gasteiger charge is -2.23. The Morgan fingerprint density at radius 1 is 1.36 bits per heavy atom. The second kappa shape index (κ2) is 7.83. The molecule has 1 amide bonds. The van der Waals surface area contributed by atoms with E-state index in [1.54, 1.807) is 4.90 Å². The average molecular weight is 340 g/mol. The largest absolute Gasteiger partial charge is 0.337 e. The summed E-state index contributed by atoms with van der Waals surface area (Å²) >= 11 is 0. The van der Waals surface area contributed by atoms with Crippen LogP contribution in [0.15, 0.2) is 36.7 Å². The van der Waals surface area contributed by atoms with E-state index in [9.17, 15) is 4.79 Å². The Morgan fingerprint density at radius 3 is 2.72 bits per heavy atom. The minimum absolute atomic E-state index is 0.0469. The molecule has 1 aromatic carbocycles. The number of carbonyl (C=O) groups is 1. The SMILES string of the molecule is CC(C)n1cc(CN(C)C(=O)c2ccc(C3CCCNC3)cc2)cn1. The number of hydrogen-bond donors (Lipinski definition) is 1. The van der Waals surface area contributed by atoms with Gasteiger partial charge in [0.1, 0.15) is 0 Å². The topological polar surface area (TPSA) is 50.2 Å². The predicted octanol–water partition coefficient (Wildman–Crippen LogP) is 3.20. The van der Waals surface area contributed by atoms with Gasteiger partial charge < -0.3 is 10.2 Å². The van der Waals surface area contributed by atoms with Crippen LogP contribution < -0.4 is 5.32 Å². The number of rotatable bonds is 5. The molecule has 0 bridgehead atoms. The molecule has 1 aromatic heterocycles. The van der Waals surface area contributed by atoms with Gasteiger partial charge in [-0.1, -0.05) is 12.1 Å². The van der Waals surface area contributed by atoms with E-state index in [0.29, 0.717) is 18.5 Å². The van der Waals surface area contributed by atoms with Gasteiger partial charge in [-0.05, 0) is 56.8 Å². The maximum absolute atomic E-state index is 12.7. The number of aromatic nitrogens is 2.